The van der Waals surface area contributed by atoms with Gasteiger partial charge < -0.3 is 10.2 Å². The number of halogens is 1. The van der Waals surface area contributed by atoms with E-state index in [9.17, 15) is 19.2 Å². The van der Waals surface area contributed by atoms with E-state index in [1.165, 1.54) is 16.8 Å². The van der Waals surface area contributed by atoms with E-state index >= 15 is 0 Å². The topological polar surface area (TPSA) is 86.8 Å². The van der Waals surface area contributed by atoms with E-state index < -0.39 is 0 Å². The van der Waals surface area contributed by atoms with E-state index in [1.54, 1.807) is 48.5 Å². The Morgan fingerprint density at radius 3 is 2.28 bits per heavy atom. The summed E-state index contributed by atoms with van der Waals surface area (Å²) in [6, 6.07) is 13.5. The summed E-state index contributed by atoms with van der Waals surface area (Å²) < 4.78 is 0. The minimum atomic E-state index is -0.364. The van der Waals surface area contributed by atoms with Crippen LogP contribution < -0.4 is 5.32 Å². The van der Waals surface area contributed by atoms with Gasteiger partial charge in [-0.25, -0.2) is 0 Å². The van der Waals surface area contributed by atoms with Gasteiger partial charge in [-0.3, -0.25) is 24.1 Å². The average molecular weight is 414 g/mol. The summed E-state index contributed by atoms with van der Waals surface area (Å²) in [6.45, 7) is 0.0603. The van der Waals surface area contributed by atoms with E-state index in [-0.39, 0.29) is 49.6 Å². The maximum atomic E-state index is 12.6. The highest BCUT2D eigenvalue weighted by Crippen LogP contribution is 2.20. The molecule has 0 atom stereocenters. The number of nitrogens with one attached hydrogen (secondary N) is 1. The van der Waals surface area contributed by atoms with Crippen LogP contribution in [0.2, 0.25) is 5.02 Å². The highest BCUT2D eigenvalue weighted by Gasteiger charge is 2.28. The summed E-state index contributed by atoms with van der Waals surface area (Å²) in [5, 5.41) is 3.09. The van der Waals surface area contributed by atoms with E-state index in [4.69, 9.17) is 11.6 Å². The van der Waals surface area contributed by atoms with E-state index in [0.29, 0.717) is 16.3 Å². The van der Waals surface area contributed by atoms with Crippen molar-refractivity contribution in [3.63, 3.8) is 0 Å². The molecule has 0 radical (unpaired) electrons. The number of anilines is 1. The van der Waals surface area contributed by atoms with Crippen molar-refractivity contribution in [3.8, 4) is 0 Å². The van der Waals surface area contributed by atoms with Crippen LogP contribution >= 0.6 is 11.6 Å². The monoisotopic (exact) mass is 413 g/mol. The van der Waals surface area contributed by atoms with Crippen molar-refractivity contribution >= 4 is 40.9 Å². The van der Waals surface area contributed by atoms with Crippen molar-refractivity contribution in [3.05, 3.63) is 64.7 Å². The molecule has 1 aliphatic heterocycles. The molecule has 1 aliphatic rings. The fourth-order valence-electron chi connectivity index (χ4n) is 2.99. The molecule has 0 saturated carbocycles. The molecule has 0 spiro atoms. The predicted octanol–water partition coefficient (Wildman–Crippen LogP) is 2.70. The van der Waals surface area contributed by atoms with Gasteiger partial charge in [0, 0.05) is 25.5 Å². The maximum Gasteiger partial charge on any atom is 0.254 e. The Morgan fingerprint density at radius 2 is 1.66 bits per heavy atom. The fraction of sp³-hybridized carbons (Fsp3) is 0.238. The second-order valence-corrected chi connectivity index (χ2v) is 7.17. The van der Waals surface area contributed by atoms with Crippen LogP contribution in [0.3, 0.4) is 0 Å². The Labute approximate surface area is 173 Å². The molecule has 2 aromatic rings. The van der Waals surface area contributed by atoms with Crippen LogP contribution in [0.25, 0.3) is 0 Å². The summed E-state index contributed by atoms with van der Waals surface area (Å²) >= 11 is 6.02. The van der Waals surface area contributed by atoms with Gasteiger partial charge in [-0.2, -0.15) is 0 Å². The normalized spacial score (nSPS) is 13.5. The largest absolute Gasteiger partial charge is 0.332 e. The van der Waals surface area contributed by atoms with Gasteiger partial charge in [0.2, 0.25) is 17.7 Å². The van der Waals surface area contributed by atoms with Gasteiger partial charge >= 0.3 is 0 Å². The number of carbonyl (C=O) groups is 4. The van der Waals surface area contributed by atoms with Crippen molar-refractivity contribution in [2.45, 2.75) is 19.4 Å². The number of nitrogens with zero attached hydrogens (tertiary/aromatic N) is 2. The number of amides is 4. The number of likely N-dealkylation sites (N-methyl/N-ethyl adjacent to an activating group) is 1. The number of rotatable bonds is 6. The summed E-state index contributed by atoms with van der Waals surface area (Å²) in [5.41, 5.74) is 1.64. The van der Waals surface area contributed by atoms with E-state index in [2.05, 4.69) is 5.32 Å². The molecule has 29 heavy (non-hydrogen) atoms. The van der Waals surface area contributed by atoms with Gasteiger partial charge in [-0.05, 0) is 29.8 Å². The van der Waals surface area contributed by atoms with Gasteiger partial charge in [-0.1, -0.05) is 35.9 Å². The zero-order valence-electron chi connectivity index (χ0n) is 15.9. The van der Waals surface area contributed by atoms with Crippen molar-refractivity contribution in [2.24, 2.45) is 0 Å². The van der Waals surface area contributed by atoms with Crippen LogP contribution in [-0.4, -0.2) is 47.0 Å². The molecule has 0 unspecified atom stereocenters. The molecule has 1 saturated heterocycles. The number of para-hydroxylation sites is 1. The molecule has 1 fully saturated rings. The number of carbonyl (C=O) groups excluding carboxylic acids is 4. The lowest BCUT2D eigenvalue weighted by atomic mass is 10.1. The van der Waals surface area contributed by atoms with Crippen LogP contribution in [0.15, 0.2) is 48.5 Å². The first kappa shape index (κ1) is 20.5. The second-order valence-electron chi connectivity index (χ2n) is 6.76. The molecule has 0 bridgehead atoms. The predicted molar refractivity (Wildman–Crippen MR) is 108 cm³/mol. The number of hydrogen-bond donors (Lipinski definition) is 1. The molecule has 1 heterocycles. The molecule has 7 nitrogen and oxygen atoms in total. The molecule has 8 heteroatoms. The van der Waals surface area contributed by atoms with Crippen molar-refractivity contribution in [1.82, 2.24) is 9.80 Å². The third-order valence-corrected chi connectivity index (χ3v) is 4.90. The summed E-state index contributed by atoms with van der Waals surface area (Å²) in [7, 11) is 1.53. The Balaban J connectivity index is 1.58. The van der Waals surface area contributed by atoms with Crippen LogP contribution in [0, 0.1) is 0 Å². The summed E-state index contributed by atoms with van der Waals surface area (Å²) in [5.74, 6) is -1.05. The lowest BCUT2D eigenvalue weighted by Gasteiger charge is -2.18. The highest BCUT2D eigenvalue weighted by molar-refractivity contribution is 6.33. The molecule has 1 N–H and O–H groups in total. The smallest absolute Gasteiger partial charge is 0.254 e. The molecule has 0 aromatic heterocycles. The van der Waals surface area contributed by atoms with Gasteiger partial charge in [0.05, 0.1) is 23.8 Å². The molecule has 150 valence electrons. The number of likely N-dealkylation sites (tertiary alicyclic amines) is 1. The third-order valence-electron chi connectivity index (χ3n) is 4.57. The van der Waals surface area contributed by atoms with Crippen LogP contribution in [-0.2, 0) is 20.9 Å². The average Bonchev–Trinajstić information content (AvgIpc) is 3.01. The minimum absolute atomic E-state index is 0.136. The van der Waals surface area contributed by atoms with Gasteiger partial charge in [0.25, 0.3) is 5.91 Å². The Kier molecular flexibility index (Phi) is 6.29. The lowest BCUT2D eigenvalue weighted by Crippen LogP contribution is -2.35. The Bertz CT molecular complexity index is 943. The molecule has 2 aromatic carbocycles. The first-order valence-electron chi connectivity index (χ1n) is 9.07. The van der Waals surface area contributed by atoms with Crippen molar-refractivity contribution in [2.75, 3.05) is 18.9 Å². The SMILES string of the molecule is CN(CC(=O)Nc1ccccc1Cl)C(=O)c1ccc(CN2C(=O)CCC2=O)cc1. The number of imide groups is 1. The zero-order chi connectivity index (χ0) is 21.0. The summed E-state index contributed by atoms with van der Waals surface area (Å²) in [4.78, 5) is 50.7. The highest BCUT2D eigenvalue weighted by atomic mass is 35.5. The Hall–Kier alpha value is -3.19. The Morgan fingerprint density at radius 1 is 1.03 bits per heavy atom. The van der Waals surface area contributed by atoms with Crippen molar-refractivity contribution < 1.29 is 19.2 Å². The van der Waals surface area contributed by atoms with Crippen LogP contribution in [0.1, 0.15) is 28.8 Å². The van der Waals surface area contributed by atoms with Gasteiger partial charge in [0.1, 0.15) is 0 Å². The first-order chi connectivity index (χ1) is 13.8. The standard InChI is InChI=1S/C21H20ClN3O4/c1-24(13-18(26)23-17-5-3-2-4-16(17)22)21(29)15-8-6-14(7-9-15)12-25-19(27)10-11-20(25)28/h2-9H,10-13H2,1H3,(H,23,26). The van der Waals surface area contributed by atoms with Crippen molar-refractivity contribution in [1.29, 1.82) is 0 Å². The van der Waals surface area contributed by atoms with Crippen LogP contribution in [0.5, 0.6) is 0 Å². The second kappa shape index (κ2) is 8.87. The quantitative estimate of drug-likeness (QED) is 0.737. The van der Waals surface area contributed by atoms with E-state index in [0.717, 1.165) is 5.56 Å². The number of hydrogen-bond acceptors (Lipinski definition) is 4. The minimum Gasteiger partial charge on any atom is -0.332 e. The molecule has 3 rings (SSSR count). The molecular formula is C21H20ClN3O4. The van der Waals surface area contributed by atoms with Gasteiger partial charge in [-0.15, -0.1) is 0 Å². The molecule has 4 amide bonds. The van der Waals surface area contributed by atoms with E-state index in [1.807, 2.05) is 0 Å². The molecular weight excluding hydrogens is 394 g/mol. The number of benzene rings is 2. The lowest BCUT2D eigenvalue weighted by molar-refractivity contribution is -0.139. The zero-order valence-corrected chi connectivity index (χ0v) is 16.6. The fourth-order valence-corrected chi connectivity index (χ4v) is 3.18. The molecule has 0 aliphatic carbocycles. The maximum absolute atomic E-state index is 12.6. The first-order valence-corrected chi connectivity index (χ1v) is 9.45. The summed E-state index contributed by atoms with van der Waals surface area (Å²) in [6.07, 6.45) is 0.493. The van der Waals surface area contributed by atoms with Gasteiger partial charge in [0.15, 0.2) is 0 Å². The van der Waals surface area contributed by atoms with Crippen LogP contribution in [0.4, 0.5) is 5.69 Å². The third kappa shape index (κ3) is 5.00.